The third-order valence-corrected chi connectivity index (χ3v) is 14.6. The van der Waals surface area contributed by atoms with Crippen LogP contribution in [0, 0.1) is 0 Å². The molecule has 1 spiro atoms. The van der Waals surface area contributed by atoms with Gasteiger partial charge < -0.3 is 14.0 Å². The molecule has 0 aromatic heterocycles. The van der Waals surface area contributed by atoms with Gasteiger partial charge in [0, 0.05) is 11.1 Å². The number of para-hydroxylation sites is 2. The van der Waals surface area contributed by atoms with Gasteiger partial charge in [0.05, 0.1) is 16.6 Å². The van der Waals surface area contributed by atoms with Crippen molar-refractivity contribution in [3.8, 4) is 44.9 Å². The fourth-order valence-corrected chi connectivity index (χ4v) is 10.5. The van der Waals surface area contributed by atoms with E-state index in [-0.39, 0.29) is 0 Å². The van der Waals surface area contributed by atoms with E-state index >= 15 is 0 Å². The molecular formula is C60H53BO3. The van der Waals surface area contributed by atoms with Gasteiger partial charge >= 0.3 is 7.12 Å². The summed E-state index contributed by atoms with van der Waals surface area (Å²) >= 11 is 0. The third-order valence-electron chi connectivity index (χ3n) is 14.6. The molecule has 3 nitrogen and oxygen atoms in total. The fourth-order valence-electron chi connectivity index (χ4n) is 10.5. The number of ether oxygens (including phenoxy) is 1. The lowest BCUT2D eigenvalue weighted by atomic mass is 9.64. The maximum Gasteiger partial charge on any atom is 0.494 e. The zero-order chi connectivity index (χ0) is 43.5. The molecule has 11 rings (SSSR count). The van der Waals surface area contributed by atoms with Crippen LogP contribution in [0.2, 0.25) is 0 Å². The summed E-state index contributed by atoms with van der Waals surface area (Å²) in [7, 11) is -0.479. The topological polar surface area (TPSA) is 27.7 Å². The number of hydrogen-bond acceptors (Lipinski definition) is 3. The highest BCUT2D eigenvalue weighted by Crippen LogP contribution is 2.62. The maximum absolute atomic E-state index is 6.68. The molecule has 2 heterocycles. The summed E-state index contributed by atoms with van der Waals surface area (Å²) in [4.78, 5) is 0. The van der Waals surface area contributed by atoms with Gasteiger partial charge in [-0.1, -0.05) is 176 Å². The summed E-state index contributed by atoms with van der Waals surface area (Å²) in [6.45, 7) is 8.46. The molecular weight excluding hydrogens is 779 g/mol. The van der Waals surface area contributed by atoms with Crippen molar-refractivity contribution in [2.75, 3.05) is 0 Å². The first-order chi connectivity index (χ1) is 31.2. The Balaban J connectivity index is 0.912. The number of fused-ring (bicyclic) bond motifs is 9. The van der Waals surface area contributed by atoms with Crippen LogP contribution in [0.1, 0.15) is 85.4 Å². The minimum absolute atomic E-state index is 0.446. The first-order valence-electron chi connectivity index (χ1n) is 23.0. The Labute approximate surface area is 378 Å². The van der Waals surface area contributed by atoms with E-state index in [1.807, 2.05) is 0 Å². The highest BCUT2D eigenvalue weighted by molar-refractivity contribution is 6.62. The molecule has 64 heavy (non-hydrogen) atoms. The average molecular weight is 833 g/mol. The Bertz CT molecular complexity index is 2910. The van der Waals surface area contributed by atoms with Crippen LogP contribution in [-0.2, 0) is 27.6 Å². The van der Waals surface area contributed by atoms with Crippen LogP contribution in [0.15, 0.2) is 194 Å². The lowest BCUT2D eigenvalue weighted by Crippen LogP contribution is -2.41. The van der Waals surface area contributed by atoms with Crippen LogP contribution in [-0.4, -0.2) is 18.3 Å². The molecule has 8 aromatic carbocycles. The Morgan fingerprint density at radius 3 is 1.58 bits per heavy atom. The first kappa shape index (κ1) is 40.3. The number of aryl methyl sites for hydroxylation is 1. The molecule has 8 aromatic rings. The van der Waals surface area contributed by atoms with Crippen LogP contribution in [0.5, 0.6) is 11.5 Å². The third kappa shape index (κ3) is 6.92. The zero-order valence-corrected chi connectivity index (χ0v) is 37.2. The summed E-state index contributed by atoms with van der Waals surface area (Å²) in [5.74, 6) is 2.23. The van der Waals surface area contributed by atoms with Crippen LogP contribution in [0.4, 0.5) is 0 Å². The molecule has 314 valence electrons. The molecule has 1 saturated heterocycles. The standard InChI is InChI=1S/C60H53BO3/c1-58(2)59(3,4)64-61(63-58)49-35-37-51-50-36-34-48(39-54(50)60(55(51)40-49)52-22-11-13-24-56(52)62-57-25-14-12-23-53(57)60)46-32-30-45(31-33-46)44-28-26-42(27-29-44)38-47(43-19-9-6-10-20-43)21-15-18-41-16-7-5-8-17-41/h5-14,16-17,19-20,22-37,39-40,47H,15,18,21,38H2,1-4H3. The van der Waals surface area contributed by atoms with Crippen LogP contribution in [0.3, 0.4) is 0 Å². The van der Waals surface area contributed by atoms with Gasteiger partial charge in [0.15, 0.2) is 0 Å². The van der Waals surface area contributed by atoms with E-state index in [4.69, 9.17) is 14.0 Å². The van der Waals surface area contributed by atoms with Gasteiger partial charge in [-0.15, -0.1) is 0 Å². The van der Waals surface area contributed by atoms with Gasteiger partial charge in [-0.05, 0) is 144 Å². The van der Waals surface area contributed by atoms with Crippen molar-refractivity contribution in [2.24, 2.45) is 0 Å². The highest BCUT2D eigenvalue weighted by atomic mass is 16.7. The van der Waals surface area contributed by atoms with E-state index in [2.05, 4.69) is 222 Å². The molecule has 0 saturated carbocycles. The van der Waals surface area contributed by atoms with E-state index in [9.17, 15) is 0 Å². The van der Waals surface area contributed by atoms with Gasteiger partial charge in [-0.25, -0.2) is 0 Å². The van der Waals surface area contributed by atoms with Gasteiger partial charge in [0.25, 0.3) is 0 Å². The monoisotopic (exact) mass is 832 g/mol. The predicted molar refractivity (Wildman–Crippen MR) is 263 cm³/mol. The highest BCUT2D eigenvalue weighted by Gasteiger charge is 2.54. The Morgan fingerprint density at radius 2 is 0.953 bits per heavy atom. The van der Waals surface area contributed by atoms with Crippen LogP contribution >= 0.6 is 0 Å². The SMILES string of the molecule is CC1(C)OB(c2ccc3c(c2)C2(c4ccccc4Oc4ccccc42)c2cc(-c4ccc(-c5ccc(CC(CCCc6ccccc6)c6ccccc6)cc5)cc4)ccc2-3)OC1(C)C. The average Bonchev–Trinajstić information content (AvgIpc) is 3.74. The zero-order valence-electron chi connectivity index (χ0n) is 37.2. The Morgan fingerprint density at radius 1 is 0.453 bits per heavy atom. The van der Waals surface area contributed by atoms with E-state index in [0.717, 1.165) is 47.4 Å². The normalized spacial score (nSPS) is 16.3. The summed E-state index contributed by atoms with van der Waals surface area (Å²) in [6, 6.07) is 71.2. The molecule has 0 radical (unpaired) electrons. The summed E-state index contributed by atoms with van der Waals surface area (Å²) in [6.07, 6.45) is 4.47. The second kappa shape index (κ2) is 16.0. The Hall–Kier alpha value is -6.46. The first-order valence-corrected chi connectivity index (χ1v) is 23.0. The largest absolute Gasteiger partial charge is 0.494 e. The van der Waals surface area contributed by atoms with Gasteiger partial charge in [0.1, 0.15) is 11.5 Å². The molecule has 1 unspecified atom stereocenters. The molecule has 0 amide bonds. The number of hydrogen-bond donors (Lipinski definition) is 0. The van der Waals surface area contributed by atoms with Crippen molar-refractivity contribution in [3.05, 3.63) is 233 Å². The summed E-state index contributed by atoms with van der Waals surface area (Å²) in [5, 5.41) is 0. The van der Waals surface area contributed by atoms with Crippen molar-refractivity contribution in [2.45, 2.75) is 75.9 Å². The molecule has 1 aliphatic carbocycles. The van der Waals surface area contributed by atoms with Crippen molar-refractivity contribution in [1.29, 1.82) is 0 Å². The fraction of sp³-hybridized carbons (Fsp3) is 0.200. The van der Waals surface area contributed by atoms with E-state index in [0.29, 0.717) is 5.92 Å². The maximum atomic E-state index is 6.68. The van der Waals surface area contributed by atoms with E-state index in [1.165, 1.54) is 67.6 Å². The molecule has 3 aliphatic rings. The molecule has 1 fully saturated rings. The van der Waals surface area contributed by atoms with Crippen molar-refractivity contribution < 1.29 is 14.0 Å². The number of rotatable bonds is 10. The lowest BCUT2D eigenvalue weighted by molar-refractivity contribution is 0.00578. The smallest absolute Gasteiger partial charge is 0.457 e. The Kier molecular flexibility index (Phi) is 10.1. The minimum Gasteiger partial charge on any atom is -0.457 e. The minimum atomic E-state index is -0.616. The van der Waals surface area contributed by atoms with Crippen LogP contribution in [0.25, 0.3) is 33.4 Å². The van der Waals surface area contributed by atoms with Crippen molar-refractivity contribution >= 4 is 12.6 Å². The van der Waals surface area contributed by atoms with E-state index < -0.39 is 23.7 Å². The second-order valence-electron chi connectivity index (χ2n) is 19.0. The molecule has 2 aliphatic heterocycles. The number of benzene rings is 8. The quantitative estimate of drug-likeness (QED) is 0.129. The van der Waals surface area contributed by atoms with Crippen molar-refractivity contribution in [3.63, 3.8) is 0 Å². The molecule has 4 heteroatoms. The molecule has 0 bridgehead atoms. The van der Waals surface area contributed by atoms with E-state index in [1.54, 1.807) is 0 Å². The predicted octanol–water partition coefficient (Wildman–Crippen LogP) is 14.1. The molecule has 0 N–H and O–H groups in total. The summed E-state index contributed by atoms with van der Waals surface area (Å²) < 4.78 is 19.9. The second-order valence-corrected chi connectivity index (χ2v) is 19.0. The van der Waals surface area contributed by atoms with Crippen molar-refractivity contribution in [1.82, 2.24) is 0 Å². The van der Waals surface area contributed by atoms with Crippen LogP contribution < -0.4 is 10.2 Å². The molecule has 1 atom stereocenters. The summed E-state index contributed by atoms with van der Waals surface area (Å²) in [5.41, 5.74) is 15.7. The van der Waals surface area contributed by atoms with Gasteiger partial charge in [0.2, 0.25) is 0 Å². The lowest BCUT2D eigenvalue weighted by Gasteiger charge is -2.39. The van der Waals surface area contributed by atoms with Gasteiger partial charge in [-0.3, -0.25) is 0 Å². The van der Waals surface area contributed by atoms with Gasteiger partial charge in [-0.2, -0.15) is 0 Å².